The molecule has 0 aliphatic heterocycles. The van der Waals surface area contributed by atoms with E-state index >= 15 is 0 Å². The van der Waals surface area contributed by atoms with Gasteiger partial charge < -0.3 is 5.11 Å². The van der Waals surface area contributed by atoms with Crippen molar-refractivity contribution < 1.29 is 10.0 Å². The number of non-ortho nitro benzene ring substituents is 1. The van der Waals surface area contributed by atoms with E-state index in [2.05, 4.69) is 0 Å². The van der Waals surface area contributed by atoms with E-state index in [0.717, 1.165) is 11.1 Å². The minimum absolute atomic E-state index is 0.0101. The topological polar surface area (TPSA) is 63.4 Å². The van der Waals surface area contributed by atoms with Crippen LogP contribution in [0.5, 0.6) is 0 Å². The Labute approximate surface area is 105 Å². The summed E-state index contributed by atoms with van der Waals surface area (Å²) in [7, 11) is 0. The summed E-state index contributed by atoms with van der Waals surface area (Å²) in [4.78, 5) is 10.2. The van der Waals surface area contributed by atoms with Gasteiger partial charge in [-0.3, -0.25) is 10.1 Å². The van der Waals surface area contributed by atoms with Crippen LogP contribution in [0.2, 0.25) is 0 Å². The van der Waals surface area contributed by atoms with Crippen LogP contribution in [0.4, 0.5) is 5.69 Å². The van der Waals surface area contributed by atoms with Gasteiger partial charge in [0.05, 0.1) is 11.5 Å². The van der Waals surface area contributed by atoms with E-state index in [1.165, 1.54) is 12.1 Å². The third-order valence-corrected chi connectivity index (χ3v) is 2.81. The maximum atomic E-state index is 10.7. The van der Waals surface area contributed by atoms with E-state index in [-0.39, 0.29) is 12.3 Å². The van der Waals surface area contributed by atoms with E-state index in [1.54, 1.807) is 6.07 Å². The number of aliphatic hydroxyl groups is 1. The highest BCUT2D eigenvalue weighted by atomic mass is 16.6. The summed E-state index contributed by atoms with van der Waals surface area (Å²) in [6, 6.07) is 14.4. The van der Waals surface area contributed by atoms with Gasteiger partial charge in [-0.05, 0) is 23.1 Å². The molecule has 4 heteroatoms. The number of hydrogen-bond donors (Lipinski definition) is 1. The Kier molecular flexibility index (Phi) is 3.69. The predicted molar refractivity (Wildman–Crippen MR) is 68.3 cm³/mol. The molecule has 2 rings (SSSR count). The fourth-order valence-electron chi connectivity index (χ4n) is 1.86. The largest absolute Gasteiger partial charge is 0.392 e. The molecule has 0 aliphatic carbocycles. The summed E-state index contributed by atoms with van der Waals surface area (Å²) in [6.07, 6.45) is 0.661. The van der Waals surface area contributed by atoms with E-state index in [1.807, 2.05) is 30.3 Å². The van der Waals surface area contributed by atoms with Crippen LogP contribution in [0.15, 0.2) is 48.5 Å². The average molecular weight is 243 g/mol. The lowest BCUT2D eigenvalue weighted by Gasteiger charge is -2.07. The van der Waals surface area contributed by atoms with Gasteiger partial charge in [-0.1, -0.05) is 36.4 Å². The molecule has 0 atom stereocenters. The van der Waals surface area contributed by atoms with Gasteiger partial charge in [0.25, 0.3) is 5.69 Å². The van der Waals surface area contributed by atoms with E-state index in [0.29, 0.717) is 12.0 Å². The summed E-state index contributed by atoms with van der Waals surface area (Å²) in [5, 5.41) is 19.9. The number of rotatable bonds is 4. The first-order valence-corrected chi connectivity index (χ1v) is 5.61. The van der Waals surface area contributed by atoms with Crippen molar-refractivity contribution in [1.29, 1.82) is 0 Å². The van der Waals surface area contributed by atoms with Gasteiger partial charge in [0.2, 0.25) is 0 Å². The van der Waals surface area contributed by atoms with Crippen LogP contribution in [0.25, 0.3) is 0 Å². The maximum Gasteiger partial charge on any atom is 0.269 e. The highest BCUT2D eigenvalue weighted by molar-refractivity contribution is 5.41. The lowest BCUT2D eigenvalue weighted by molar-refractivity contribution is -0.385. The zero-order valence-corrected chi connectivity index (χ0v) is 9.74. The highest BCUT2D eigenvalue weighted by Gasteiger charge is 2.10. The smallest absolute Gasteiger partial charge is 0.269 e. The Balaban J connectivity index is 2.31. The molecule has 0 fully saturated rings. The molecule has 4 nitrogen and oxygen atoms in total. The Morgan fingerprint density at radius 3 is 2.39 bits per heavy atom. The van der Waals surface area contributed by atoms with Crippen molar-refractivity contribution in [2.75, 3.05) is 0 Å². The normalized spacial score (nSPS) is 10.3. The van der Waals surface area contributed by atoms with E-state index < -0.39 is 4.92 Å². The molecule has 0 bridgehead atoms. The molecule has 0 spiro atoms. The van der Waals surface area contributed by atoms with Crippen LogP contribution >= 0.6 is 0 Å². The first kappa shape index (κ1) is 12.3. The minimum Gasteiger partial charge on any atom is -0.392 e. The second-order valence-corrected chi connectivity index (χ2v) is 4.03. The van der Waals surface area contributed by atoms with Crippen molar-refractivity contribution in [3.05, 3.63) is 75.3 Å². The van der Waals surface area contributed by atoms with Gasteiger partial charge in [-0.25, -0.2) is 0 Å². The molecule has 0 heterocycles. The summed E-state index contributed by atoms with van der Waals surface area (Å²) in [6.45, 7) is -0.191. The van der Waals surface area contributed by atoms with Crippen LogP contribution in [-0.4, -0.2) is 10.0 Å². The van der Waals surface area contributed by atoms with Crippen LogP contribution in [0.3, 0.4) is 0 Å². The minimum atomic E-state index is -0.453. The lowest BCUT2D eigenvalue weighted by Crippen LogP contribution is -1.98. The molecule has 0 aliphatic rings. The van der Waals surface area contributed by atoms with Crippen molar-refractivity contribution in [2.24, 2.45) is 0 Å². The molecule has 2 aromatic rings. The summed E-state index contributed by atoms with van der Waals surface area (Å²) in [5.41, 5.74) is 2.64. The molecular formula is C14H13NO3. The third-order valence-electron chi connectivity index (χ3n) is 2.81. The van der Waals surface area contributed by atoms with Crippen molar-refractivity contribution in [2.45, 2.75) is 13.0 Å². The summed E-state index contributed by atoms with van der Waals surface area (Å²) < 4.78 is 0. The Bertz CT molecular complexity index is 552. The summed E-state index contributed by atoms with van der Waals surface area (Å²) >= 11 is 0. The number of nitrogens with zero attached hydrogens (tertiary/aromatic N) is 1. The molecule has 18 heavy (non-hydrogen) atoms. The molecule has 0 amide bonds. The zero-order valence-electron chi connectivity index (χ0n) is 9.74. The molecule has 0 saturated carbocycles. The van der Waals surface area contributed by atoms with Gasteiger partial charge >= 0.3 is 0 Å². The standard InChI is InChI=1S/C14H13NO3/c16-10-13-9-14(15(17)18)7-6-12(13)8-11-4-2-1-3-5-11/h1-7,9,16H,8,10H2. The predicted octanol–water partition coefficient (Wildman–Crippen LogP) is 2.68. The summed E-state index contributed by atoms with van der Waals surface area (Å²) in [5.74, 6) is 0. The van der Waals surface area contributed by atoms with Gasteiger partial charge in [-0.2, -0.15) is 0 Å². The monoisotopic (exact) mass is 243 g/mol. The molecule has 2 aromatic carbocycles. The van der Waals surface area contributed by atoms with Crippen molar-refractivity contribution >= 4 is 5.69 Å². The molecular weight excluding hydrogens is 230 g/mol. The van der Waals surface area contributed by atoms with E-state index in [4.69, 9.17) is 0 Å². The van der Waals surface area contributed by atoms with E-state index in [9.17, 15) is 15.2 Å². The van der Waals surface area contributed by atoms with Gasteiger partial charge in [0.1, 0.15) is 0 Å². The second-order valence-electron chi connectivity index (χ2n) is 4.03. The Hall–Kier alpha value is -2.20. The first-order valence-electron chi connectivity index (χ1n) is 5.61. The Morgan fingerprint density at radius 1 is 1.06 bits per heavy atom. The first-order chi connectivity index (χ1) is 8.70. The second kappa shape index (κ2) is 5.42. The van der Waals surface area contributed by atoms with Crippen LogP contribution in [-0.2, 0) is 13.0 Å². The average Bonchev–Trinajstić information content (AvgIpc) is 2.40. The van der Waals surface area contributed by atoms with Crippen LogP contribution < -0.4 is 0 Å². The Morgan fingerprint density at radius 2 is 1.78 bits per heavy atom. The quantitative estimate of drug-likeness (QED) is 0.663. The lowest BCUT2D eigenvalue weighted by atomic mass is 9.99. The fraction of sp³-hybridized carbons (Fsp3) is 0.143. The van der Waals surface area contributed by atoms with Crippen molar-refractivity contribution in [1.82, 2.24) is 0 Å². The maximum absolute atomic E-state index is 10.7. The molecule has 0 saturated heterocycles. The number of hydrogen-bond acceptors (Lipinski definition) is 3. The zero-order chi connectivity index (χ0) is 13.0. The van der Waals surface area contributed by atoms with Crippen LogP contribution in [0, 0.1) is 10.1 Å². The SMILES string of the molecule is O=[N+]([O-])c1ccc(Cc2ccccc2)c(CO)c1. The molecule has 92 valence electrons. The molecule has 0 aromatic heterocycles. The fourth-order valence-corrected chi connectivity index (χ4v) is 1.86. The van der Waals surface area contributed by atoms with Gasteiger partial charge in [0, 0.05) is 12.1 Å². The number of nitro benzene ring substituents is 1. The number of nitro groups is 1. The van der Waals surface area contributed by atoms with Crippen molar-refractivity contribution in [3.63, 3.8) is 0 Å². The third kappa shape index (κ3) is 2.73. The molecule has 1 N–H and O–H groups in total. The van der Waals surface area contributed by atoms with Gasteiger partial charge in [0.15, 0.2) is 0 Å². The van der Waals surface area contributed by atoms with Crippen LogP contribution in [0.1, 0.15) is 16.7 Å². The number of aliphatic hydroxyl groups excluding tert-OH is 1. The number of benzene rings is 2. The van der Waals surface area contributed by atoms with Gasteiger partial charge in [-0.15, -0.1) is 0 Å². The highest BCUT2D eigenvalue weighted by Crippen LogP contribution is 2.20. The van der Waals surface area contributed by atoms with Crippen molar-refractivity contribution in [3.8, 4) is 0 Å². The molecule has 0 unspecified atom stereocenters. The molecule has 0 radical (unpaired) electrons.